The van der Waals surface area contributed by atoms with E-state index in [1.54, 1.807) is 0 Å². The monoisotopic (exact) mass is 170 g/mol. The summed E-state index contributed by atoms with van der Waals surface area (Å²) >= 11 is 0. The third-order valence-electron chi connectivity index (χ3n) is 1.72. The minimum Gasteiger partial charge on any atom is -0.348 e. The molecule has 0 amide bonds. The van der Waals surface area contributed by atoms with Gasteiger partial charge in [0.05, 0.1) is 12.7 Å². The van der Waals surface area contributed by atoms with Crippen molar-refractivity contribution < 1.29 is 14.3 Å². The molecule has 1 rings (SSSR count). The van der Waals surface area contributed by atoms with E-state index in [1.165, 1.54) is 0 Å². The van der Waals surface area contributed by atoms with E-state index < -0.39 is 5.79 Å². The Hall–Kier alpha value is -0.670. The summed E-state index contributed by atoms with van der Waals surface area (Å²) in [5, 5.41) is 0. The Balaban J connectivity index is 2.38. The second-order valence-corrected chi connectivity index (χ2v) is 3.43. The molecular weight excluding hydrogens is 156 g/mol. The van der Waals surface area contributed by atoms with Gasteiger partial charge in [-0.1, -0.05) is 6.58 Å². The topological polar surface area (TPSA) is 35.5 Å². The van der Waals surface area contributed by atoms with Gasteiger partial charge >= 0.3 is 0 Å². The van der Waals surface area contributed by atoms with Crippen LogP contribution in [-0.4, -0.2) is 24.8 Å². The van der Waals surface area contributed by atoms with Gasteiger partial charge in [0, 0.05) is 6.42 Å². The number of aldehydes is 1. The van der Waals surface area contributed by atoms with Gasteiger partial charge < -0.3 is 9.47 Å². The highest BCUT2D eigenvalue weighted by atomic mass is 16.7. The fourth-order valence-corrected chi connectivity index (χ4v) is 1.20. The molecule has 1 fully saturated rings. The third-order valence-corrected chi connectivity index (χ3v) is 1.72. The molecule has 0 aliphatic carbocycles. The van der Waals surface area contributed by atoms with E-state index in [0.29, 0.717) is 18.6 Å². The Morgan fingerprint density at radius 1 is 1.75 bits per heavy atom. The molecule has 0 saturated carbocycles. The highest BCUT2D eigenvalue weighted by molar-refractivity contribution is 5.72. The molecule has 0 radical (unpaired) electrons. The lowest BCUT2D eigenvalue weighted by Crippen LogP contribution is -2.21. The zero-order valence-electron chi connectivity index (χ0n) is 7.50. The van der Waals surface area contributed by atoms with E-state index in [1.807, 2.05) is 13.8 Å². The van der Waals surface area contributed by atoms with Crippen LogP contribution in [-0.2, 0) is 14.3 Å². The number of carbonyl (C=O) groups is 1. The number of carbonyl (C=O) groups excluding carboxylic acids is 1. The van der Waals surface area contributed by atoms with Crippen LogP contribution in [0.3, 0.4) is 0 Å². The van der Waals surface area contributed by atoms with E-state index in [9.17, 15) is 4.79 Å². The first kappa shape index (κ1) is 9.42. The van der Waals surface area contributed by atoms with Crippen LogP contribution >= 0.6 is 0 Å². The van der Waals surface area contributed by atoms with Crippen molar-refractivity contribution >= 4 is 6.29 Å². The summed E-state index contributed by atoms with van der Waals surface area (Å²) in [6.45, 7) is 7.84. The normalized spacial score (nSPS) is 27.0. The van der Waals surface area contributed by atoms with Crippen molar-refractivity contribution in [3.8, 4) is 0 Å². The van der Waals surface area contributed by atoms with Crippen LogP contribution < -0.4 is 0 Å². The minimum absolute atomic E-state index is 0.0160. The molecule has 12 heavy (non-hydrogen) atoms. The van der Waals surface area contributed by atoms with Crippen LogP contribution in [0.25, 0.3) is 0 Å². The van der Waals surface area contributed by atoms with Gasteiger partial charge in [-0.05, 0) is 19.4 Å². The van der Waals surface area contributed by atoms with Gasteiger partial charge in [0.15, 0.2) is 5.79 Å². The van der Waals surface area contributed by atoms with E-state index in [2.05, 4.69) is 6.58 Å². The molecule has 1 saturated heterocycles. The van der Waals surface area contributed by atoms with Crippen molar-refractivity contribution in [2.75, 3.05) is 6.61 Å². The molecular formula is C9H14O3. The Morgan fingerprint density at radius 2 is 2.42 bits per heavy atom. The van der Waals surface area contributed by atoms with Gasteiger partial charge in [0.25, 0.3) is 0 Å². The summed E-state index contributed by atoms with van der Waals surface area (Å²) in [5.41, 5.74) is 0.557. The summed E-state index contributed by atoms with van der Waals surface area (Å²) < 4.78 is 10.8. The summed E-state index contributed by atoms with van der Waals surface area (Å²) in [6, 6.07) is 0. The van der Waals surface area contributed by atoms with Gasteiger partial charge in [-0.15, -0.1) is 0 Å². The average molecular weight is 170 g/mol. The molecule has 0 aromatic heterocycles. The SMILES string of the molecule is C=C(C=O)C[C@H]1COC(C)(C)O1. The van der Waals surface area contributed by atoms with Crippen molar-refractivity contribution in [3.05, 3.63) is 12.2 Å². The highest BCUT2D eigenvalue weighted by Crippen LogP contribution is 2.25. The Morgan fingerprint density at radius 3 is 2.83 bits per heavy atom. The summed E-state index contributed by atoms with van der Waals surface area (Å²) in [4.78, 5) is 10.3. The molecule has 1 atom stereocenters. The maximum atomic E-state index is 10.3. The summed E-state index contributed by atoms with van der Waals surface area (Å²) in [6.07, 6.45) is 1.31. The molecule has 0 spiro atoms. The molecule has 0 unspecified atom stereocenters. The van der Waals surface area contributed by atoms with Crippen LogP contribution in [0.5, 0.6) is 0 Å². The molecule has 1 aliphatic rings. The van der Waals surface area contributed by atoms with Crippen LogP contribution in [0.4, 0.5) is 0 Å². The predicted octanol–water partition coefficient (Wildman–Crippen LogP) is 1.28. The van der Waals surface area contributed by atoms with E-state index in [4.69, 9.17) is 9.47 Å². The second kappa shape index (κ2) is 3.37. The lowest BCUT2D eigenvalue weighted by molar-refractivity contribution is -0.138. The Bertz CT molecular complexity index is 196. The molecule has 3 heteroatoms. The van der Waals surface area contributed by atoms with Crippen molar-refractivity contribution in [1.29, 1.82) is 0 Å². The largest absolute Gasteiger partial charge is 0.348 e. The highest BCUT2D eigenvalue weighted by Gasteiger charge is 2.32. The van der Waals surface area contributed by atoms with Crippen molar-refractivity contribution in [2.24, 2.45) is 0 Å². The molecule has 1 heterocycles. The predicted molar refractivity (Wildman–Crippen MR) is 44.7 cm³/mol. The maximum absolute atomic E-state index is 10.3. The molecule has 1 aliphatic heterocycles. The molecule has 0 aromatic rings. The molecule has 0 N–H and O–H groups in total. The van der Waals surface area contributed by atoms with Crippen LogP contribution in [0.15, 0.2) is 12.2 Å². The zero-order valence-corrected chi connectivity index (χ0v) is 7.50. The van der Waals surface area contributed by atoms with Crippen LogP contribution in [0.2, 0.25) is 0 Å². The fourth-order valence-electron chi connectivity index (χ4n) is 1.20. The smallest absolute Gasteiger partial charge is 0.163 e. The minimum atomic E-state index is -0.506. The Kier molecular flexibility index (Phi) is 2.65. The van der Waals surface area contributed by atoms with E-state index in [-0.39, 0.29) is 6.10 Å². The first-order valence-electron chi connectivity index (χ1n) is 3.98. The van der Waals surface area contributed by atoms with E-state index >= 15 is 0 Å². The van der Waals surface area contributed by atoms with Gasteiger partial charge in [0.2, 0.25) is 0 Å². The molecule has 0 bridgehead atoms. The quantitative estimate of drug-likeness (QED) is 0.473. The first-order chi connectivity index (χ1) is 5.53. The van der Waals surface area contributed by atoms with Gasteiger partial charge in [-0.3, -0.25) is 4.79 Å². The van der Waals surface area contributed by atoms with E-state index in [0.717, 1.165) is 6.29 Å². The molecule has 68 valence electrons. The lowest BCUT2D eigenvalue weighted by atomic mass is 10.1. The van der Waals surface area contributed by atoms with Crippen molar-refractivity contribution in [2.45, 2.75) is 32.2 Å². The zero-order chi connectivity index (χ0) is 9.19. The van der Waals surface area contributed by atoms with Crippen LogP contribution in [0, 0.1) is 0 Å². The fraction of sp³-hybridized carbons (Fsp3) is 0.667. The maximum Gasteiger partial charge on any atom is 0.163 e. The summed E-state index contributed by atoms with van der Waals surface area (Å²) in [5.74, 6) is -0.506. The average Bonchev–Trinajstić information content (AvgIpc) is 2.30. The summed E-state index contributed by atoms with van der Waals surface area (Å²) in [7, 11) is 0. The number of hydrogen-bond donors (Lipinski definition) is 0. The number of rotatable bonds is 3. The first-order valence-corrected chi connectivity index (χ1v) is 3.98. The van der Waals surface area contributed by atoms with Gasteiger partial charge in [-0.2, -0.15) is 0 Å². The lowest BCUT2D eigenvalue weighted by Gasteiger charge is -2.16. The third kappa shape index (κ3) is 2.43. The molecule has 3 nitrogen and oxygen atoms in total. The van der Waals surface area contributed by atoms with Crippen molar-refractivity contribution in [1.82, 2.24) is 0 Å². The number of ether oxygens (including phenoxy) is 2. The second-order valence-electron chi connectivity index (χ2n) is 3.43. The standard InChI is InChI=1S/C9H14O3/c1-7(5-10)4-8-6-11-9(2,3)12-8/h5,8H,1,4,6H2,2-3H3/t8-/m0/s1. The van der Waals surface area contributed by atoms with Crippen LogP contribution in [0.1, 0.15) is 20.3 Å². The Labute approximate surface area is 72.4 Å². The van der Waals surface area contributed by atoms with Gasteiger partial charge in [-0.25, -0.2) is 0 Å². The number of hydrogen-bond acceptors (Lipinski definition) is 3. The van der Waals surface area contributed by atoms with Crippen molar-refractivity contribution in [3.63, 3.8) is 0 Å². The molecule has 0 aromatic carbocycles. The van der Waals surface area contributed by atoms with Gasteiger partial charge in [0.1, 0.15) is 6.29 Å².